The summed E-state index contributed by atoms with van der Waals surface area (Å²) in [5.41, 5.74) is 0.970. The first-order valence-electron chi connectivity index (χ1n) is 8.77. The lowest BCUT2D eigenvalue weighted by atomic mass is 9.96. The Morgan fingerprint density at radius 1 is 1.19 bits per heavy atom. The van der Waals surface area contributed by atoms with Crippen LogP contribution in [-0.4, -0.2) is 48.7 Å². The van der Waals surface area contributed by atoms with Crippen LogP contribution in [0.4, 0.5) is 10.9 Å². The molecule has 1 fully saturated rings. The first kappa shape index (κ1) is 17.5. The Bertz CT molecular complexity index is 911. The summed E-state index contributed by atoms with van der Waals surface area (Å²) in [6, 6.07) is 1.89. The molecule has 1 N–H and O–H groups in total. The molecule has 0 radical (unpaired) electrons. The first-order chi connectivity index (χ1) is 13.1. The van der Waals surface area contributed by atoms with E-state index in [1.54, 1.807) is 11.0 Å². The minimum atomic E-state index is -0.0117. The second-order valence-corrected chi connectivity index (χ2v) is 7.69. The van der Waals surface area contributed by atoms with Gasteiger partial charge in [0.15, 0.2) is 10.9 Å². The molecule has 0 bridgehead atoms. The zero-order valence-corrected chi connectivity index (χ0v) is 16.0. The summed E-state index contributed by atoms with van der Waals surface area (Å²) in [6.07, 6.45) is 6.15. The predicted octanol–water partition coefficient (Wildman–Crippen LogP) is 1.99. The molecule has 0 spiro atoms. The number of carbonyl (C=O) groups is 1. The van der Waals surface area contributed by atoms with Crippen molar-refractivity contribution in [1.82, 2.24) is 29.7 Å². The van der Waals surface area contributed by atoms with Gasteiger partial charge in [-0.15, -0.1) is 11.3 Å². The molecule has 1 saturated heterocycles. The highest BCUT2D eigenvalue weighted by Crippen LogP contribution is 2.26. The van der Waals surface area contributed by atoms with Crippen LogP contribution in [0.3, 0.4) is 0 Å². The van der Waals surface area contributed by atoms with Gasteiger partial charge in [0.25, 0.3) is 0 Å². The lowest BCUT2D eigenvalue weighted by molar-refractivity contribution is -0.120. The van der Waals surface area contributed by atoms with Gasteiger partial charge in [-0.2, -0.15) is 5.10 Å². The third kappa shape index (κ3) is 3.80. The van der Waals surface area contributed by atoms with Crippen LogP contribution in [0.15, 0.2) is 25.0 Å². The number of aromatic nitrogens is 6. The molecule has 10 heteroatoms. The summed E-state index contributed by atoms with van der Waals surface area (Å²) in [4.78, 5) is 32.8. The Labute approximate surface area is 160 Å². The molecule has 3 aromatic rings. The maximum Gasteiger partial charge on any atom is 0.229 e. The molecule has 4 heterocycles. The van der Waals surface area contributed by atoms with Gasteiger partial charge in [0.2, 0.25) is 5.91 Å². The Morgan fingerprint density at radius 2 is 1.96 bits per heavy atom. The zero-order chi connectivity index (χ0) is 18.8. The van der Waals surface area contributed by atoms with Crippen molar-refractivity contribution in [3.63, 3.8) is 0 Å². The summed E-state index contributed by atoms with van der Waals surface area (Å²) >= 11 is 1.52. The molecule has 0 saturated carbocycles. The smallest absolute Gasteiger partial charge is 0.229 e. The summed E-state index contributed by atoms with van der Waals surface area (Å²) in [5, 5.41) is 7.74. The van der Waals surface area contributed by atoms with Gasteiger partial charge in [-0.1, -0.05) is 0 Å². The van der Waals surface area contributed by atoms with Crippen LogP contribution in [0.25, 0.3) is 5.82 Å². The number of hydrogen-bond acceptors (Lipinski definition) is 8. The summed E-state index contributed by atoms with van der Waals surface area (Å²) in [6.45, 7) is 5.50. The standard InChI is InChI=1S/C17H20N8OS/c1-11-12(2)27-17(22-11)23-16(26)13-3-5-24(6-4-13)14-7-15(20-9-19-14)25-10-18-8-21-25/h7-10,13H,3-6H2,1-2H3,(H,22,23,26). The van der Waals surface area contributed by atoms with E-state index in [-0.39, 0.29) is 11.8 Å². The van der Waals surface area contributed by atoms with E-state index in [1.807, 2.05) is 19.9 Å². The molecule has 3 aromatic heterocycles. The van der Waals surface area contributed by atoms with Crippen molar-refractivity contribution in [2.75, 3.05) is 23.3 Å². The van der Waals surface area contributed by atoms with E-state index in [0.717, 1.165) is 42.3 Å². The molecule has 0 aliphatic carbocycles. The van der Waals surface area contributed by atoms with E-state index < -0.39 is 0 Å². The number of hydrogen-bond donors (Lipinski definition) is 1. The van der Waals surface area contributed by atoms with Gasteiger partial charge in [0.05, 0.1) is 5.69 Å². The number of rotatable bonds is 4. The summed E-state index contributed by atoms with van der Waals surface area (Å²) in [7, 11) is 0. The fourth-order valence-corrected chi connectivity index (χ4v) is 3.88. The van der Waals surface area contributed by atoms with Gasteiger partial charge >= 0.3 is 0 Å². The molecule has 4 rings (SSSR count). The Balaban J connectivity index is 1.37. The van der Waals surface area contributed by atoms with Crippen LogP contribution in [-0.2, 0) is 4.79 Å². The Kier molecular flexibility index (Phi) is 4.80. The highest BCUT2D eigenvalue weighted by molar-refractivity contribution is 7.15. The third-order valence-corrected chi connectivity index (χ3v) is 5.73. The van der Waals surface area contributed by atoms with Crippen molar-refractivity contribution in [2.45, 2.75) is 26.7 Å². The van der Waals surface area contributed by atoms with E-state index in [1.165, 1.54) is 24.0 Å². The summed E-state index contributed by atoms with van der Waals surface area (Å²) in [5.74, 6) is 1.55. The van der Waals surface area contributed by atoms with E-state index >= 15 is 0 Å². The number of anilines is 2. The van der Waals surface area contributed by atoms with Crippen molar-refractivity contribution in [1.29, 1.82) is 0 Å². The lowest BCUT2D eigenvalue weighted by Crippen LogP contribution is -2.38. The van der Waals surface area contributed by atoms with Crippen LogP contribution < -0.4 is 10.2 Å². The predicted molar refractivity (Wildman–Crippen MR) is 102 cm³/mol. The van der Waals surface area contributed by atoms with E-state index in [2.05, 4.69) is 35.3 Å². The van der Waals surface area contributed by atoms with Crippen molar-refractivity contribution in [2.24, 2.45) is 5.92 Å². The molecule has 140 valence electrons. The van der Waals surface area contributed by atoms with Crippen molar-refractivity contribution in [3.8, 4) is 5.82 Å². The van der Waals surface area contributed by atoms with E-state index in [0.29, 0.717) is 10.9 Å². The van der Waals surface area contributed by atoms with Crippen LogP contribution in [0.1, 0.15) is 23.4 Å². The van der Waals surface area contributed by atoms with Crippen molar-refractivity contribution >= 4 is 28.2 Å². The highest BCUT2D eigenvalue weighted by Gasteiger charge is 2.26. The lowest BCUT2D eigenvalue weighted by Gasteiger charge is -2.32. The topological polar surface area (TPSA) is 102 Å². The average molecular weight is 384 g/mol. The maximum absolute atomic E-state index is 12.5. The Hall–Kier alpha value is -2.88. The molecular weight excluding hydrogens is 364 g/mol. The normalized spacial score (nSPS) is 15.1. The SMILES string of the molecule is Cc1nc(NC(=O)C2CCN(c3cc(-n4cncn4)ncn3)CC2)sc1C. The molecule has 1 aliphatic rings. The minimum absolute atomic E-state index is 0.0117. The molecule has 27 heavy (non-hydrogen) atoms. The minimum Gasteiger partial charge on any atom is -0.356 e. The maximum atomic E-state index is 12.5. The molecule has 0 atom stereocenters. The van der Waals surface area contributed by atoms with Crippen LogP contribution in [0, 0.1) is 19.8 Å². The van der Waals surface area contributed by atoms with Gasteiger partial charge in [-0.3, -0.25) is 4.79 Å². The largest absolute Gasteiger partial charge is 0.356 e. The van der Waals surface area contributed by atoms with Crippen molar-refractivity contribution < 1.29 is 4.79 Å². The summed E-state index contributed by atoms with van der Waals surface area (Å²) < 4.78 is 1.60. The van der Waals surface area contributed by atoms with E-state index in [4.69, 9.17) is 0 Å². The molecular formula is C17H20N8OS. The van der Waals surface area contributed by atoms with Gasteiger partial charge in [-0.05, 0) is 26.7 Å². The molecule has 0 unspecified atom stereocenters. The van der Waals surface area contributed by atoms with E-state index in [9.17, 15) is 4.79 Å². The van der Waals surface area contributed by atoms with Crippen LogP contribution >= 0.6 is 11.3 Å². The number of aryl methyl sites for hydroxylation is 2. The molecule has 1 amide bonds. The number of nitrogens with one attached hydrogen (secondary N) is 1. The monoisotopic (exact) mass is 384 g/mol. The number of carbonyl (C=O) groups excluding carboxylic acids is 1. The van der Waals surface area contributed by atoms with Gasteiger partial charge in [0.1, 0.15) is 24.8 Å². The number of nitrogens with zero attached hydrogens (tertiary/aromatic N) is 7. The fraction of sp³-hybridized carbons (Fsp3) is 0.412. The second kappa shape index (κ2) is 7.39. The molecule has 0 aromatic carbocycles. The number of amides is 1. The quantitative estimate of drug-likeness (QED) is 0.734. The van der Waals surface area contributed by atoms with Gasteiger partial charge in [-0.25, -0.2) is 24.6 Å². The second-order valence-electron chi connectivity index (χ2n) is 6.49. The Morgan fingerprint density at radius 3 is 2.63 bits per heavy atom. The van der Waals surface area contributed by atoms with Gasteiger partial charge < -0.3 is 10.2 Å². The number of piperidine rings is 1. The molecule has 9 nitrogen and oxygen atoms in total. The average Bonchev–Trinajstić information content (AvgIpc) is 3.32. The fourth-order valence-electron chi connectivity index (χ4n) is 3.07. The van der Waals surface area contributed by atoms with Crippen LogP contribution in [0.2, 0.25) is 0 Å². The zero-order valence-electron chi connectivity index (χ0n) is 15.2. The third-order valence-electron chi connectivity index (χ3n) is 4.74. The highest BCUT2D eigenvalue weighted by atomic mass is 32.1. The molecule has 1 aliphatic heterocycles. The van der Waals surface area contributed by atoms with Crippen molar-refractivity contribution in [3.05, 3.63) is 35.6 Å². The number of thiazole rings is 1. The van der Waals surface area contributed by atoms with Gasteiger partial charge in [0, 0.05) is 30.0 Å². The first-order valence-corrected chi connectivity index (χ1v) is 9.58. The van der Waals surface area contributed by atoms with Crippen LogP contribution in [0.5, 0.6) is 0 Å².